The van der Waals surface area contributed by atoms with Crippen LogP contribution in [0.3, 0.4) is 0 Å². The normalized spacial score (nSPS) is 40.7. The van der Waals surface area contributed by atoms with E-state index in [1.54, 1.807) is 0 Å². The van der Waals surface area contributed by atoms with E-state index in [9.17, 15) is 5.11 Å². The summed E-state index contributed by atoms with van der Waals surface area (Å²) >= 11 is 0. The Labute approximate surface area is 98.5 Å². The summed E-state index contributed by atoms with van der Waals surface area (Å²) in [7, 11) is 0. The van der Waals surface area contributed by atoms with Crippen LogP contribution in [0.1, 0.15) is 32.6 Å². The Morgan fingerprint density at radius 2 is 2.06 bits per heavy atom. The van der Waals surface area contributed by atoms with E-state index in [0.717, 1.165) is 25.2 Å². The van der Waals surface area contributed by atoms with E-state index in [-0.39, 0.29) is 6.10 Å². The molecule has 0 amide bonds. The highest BCUT2D eigenvalue weighted by Gasteiger charge is 2.31. The first kappa shape index (κ1) is 12.3. The van der Waals surface area contributed by atoms with Crippen molar-refractivity contribution in [3.05, 3.63) is 0 Å². The molecule has 2 N–H and O–H groups in total. The molecule has 2 rings (SSSR count). The number of likely N-dealkylation sites (tertiary alicyclic amines) is 1. The van der Waals surface area contributed by atoms with Gasteiger partial charge in [-0.1, -0.05) is 6.92 Å². The average Bonchev–Trinajstić information content (AvgIpc) is 2.20. The zero-order valence-corrected chi connectivity index (χ0v) is 10.3. The molecule has 0 aromatic rings. The molecule has 0 unspecified atom stereocenters. The zero-order valence-electron chi connectivity index (χ0n) is 10.3. The summed E-state index contributed by atoms with van der Waals surface area (Å²) in [5.74, 6) is 2.16. The molecular weight excluding hydrogens is 202 g/mol. The van der Waals surface area contributed by atoms with Crippen molar-refractivity contribution in [3.8, 4) is 0 Å². The molecule has 2 atom stereocenters. The standard InChI is InChI=1S/C13H25NO2/c1-10-8-14(4-2-12(10)3-5-15)9-11-6-13(16)7-11/h10-13,15-16H,2-9H2,1H3/t10-,11?,12-,13?/m1/s1. The number of hydrogen-bond donors (Lipinski definition) is 2. The van der Waals surface area contributed by atoms with Gasteiger partial charge in [-0.25, -0.2) is 0 Å². The number of nitrogens with zero attached hydrogens (tertiary/aromatic N) is 1. The number of aliphatic hydroxyl groups is 2. The first-order chi connectivity index (χ1) is 7.69. The largest absolute Gasteiger partial charge is 0.396 e. The molecule has 0 bridgehead atoms. The minimum atomic E-state index is -0.0191. The molecule has 3 heteroatoms. The van der Waals surface area contributed by atoms with Crippen LogP contribution in [-0.2, 0) is 0 Å². The van der Waals surface area contributed by atoms with Crippen LogP contribution in [0.2, 0.25) is 0 Å². The maximum atomic E-state index is 9.27. The quantitative estimate of drug-likeness (QED) is 0.756. The third-order valence-corrected chi connectivity index (χ3v) is 4.39. The van der Waals surface area contributed by atoms with Crippen molar-refractivity contribution in [1.29, 1.82) is 0 Å². The van der Waals surface area contributed by atoms with Gasteiger partial charge >= 0.3 is 0 Å². The lowest BCUT2D eigenvalue weighted by atomic mass is 9.80. The van der Waals surface area contributed by atoms with Crippen molar-refractivity contribution in [3.63, 3.8) is 0 Å². The van der Waals surface area contributed by atoms with Crippen LogP contribution < -0.4 is 0 Å². The Morgan fingerprint density at radius 1 is 1.31 bits per heavy atom. The van der Waals surface area contributed by atoms with E-state index >= 15 is 0 Å². The lowest BCUT2D eigenvalue weighted by Crippen LogP contribution is -2.45. The third-order valence-electron chi connectivity index (χ3n) is 4.39. The first-order valence-corrected chi connectivity index (χ1v) is 6.70. The summed E-state index contributed by atoms with van der Waals surface area (Å²) in [6.07, 6.45) is 4.19. The number of rotatable bonds is 4. The zero-order chi connectivity index (χ0) is 11.5. The Balaban J connectivity index is 1.70. The summed E-state index contributed by atoms with van der Waals surface area (Å²) in [5.41, 5.74) is 0. The second kappa shape index (κ2) is 5.48. The molecule has 0 aromatic carbocycles. The van der Waals surface area contributed by atoms with Gasteiger partial charge < -0.3 is 15.1 Å². The van der Waals surface area contributed by atoms with Crippen molar-refractivity contribution >= 4 is 0 Å². The van der Waals surface area contributed by atoms with Crippen molar-refractivity contribution in [2.45, 2.75) is 38.7 Å². The highest BCUT2D eigenvalue weighted by atomic mass is 16.3. The molecular formula is C13H25NO2. The molecule has 1 aliphatic carbocycles. The molecule has 16 heavy (non-hydrogen) atoms. The van der Waals surface area contributed by atoms with E-state index in [4.69, 9.17) is 5.11 Å². The second-order valence-electron chi connectivity index (χ2n) is 5.79. The van der Waals surface area contributed by atoms with Crippen LogP contribution in [0.5, 0.6) is 0 Å². The first-order valence-electron chi connectivity index (χ1n) is 6.70. The van der Waals surface area contributed by atoms with E-state index in [2.05, 4.69) is 11.8 Å². The van der Waals surface area contributed by atoms with Crippen molar-refractivity contribution < 1.29 is 10.2 Å². The lowest BCUT2D eigenvalue weighted by Gasteiger charge is -2.41. The highest BCUT2D eigenvalue weighted by Crippen LogP contribution is 2.31. The topological polar surface area (TPSA) is 43.7 Å². The minimum Gasteiger partial charge on any atom is -0.396 e. The number of piperidine rings is 1. The molecule has 0 radical (unpaired) electrons. The van der Waals surface area contributed by atoms with Crippen LogP contribution in [0, 0.1) is 17.8 Å². The number of aliphatic hydroxyl groups excluding tert-OH is 2. The predicted octanol–water partition coefficient (Wildman–Crippen LogP) is 1.10. The fourth-order valence-electron chi connectivity index (χ4n) is 3.26. The van der Waals surface area contributed by atoms with Crippen LogP contribution in [0.25, 0.3) is 0 Å². The second-order valence-corrected chi connectivity index (χ2v) is 5.79. The molecule has 2 aliphatic rings. The SMILES string of the molecule is C[C@@H]1CN(CC2CC(O)C2)CC[C@@H]1CCO. The lowest BCUT2D eigenvalue weighted by molar-refractivity contribution is 0.0104. The fourth-order valence-corrected chi connectivity index (χ4v) is 3.26. The molecule has 1 aliphatic heterocycles. The van der Waals surface area contributed by atoms with Crippen molar-refractivity contribution in [1.82, 2.24) is 4.90 Å². The molecule has 0 spiro atoms. The fraction of sp³-hybridized carbons (Fsp3) is 1.00. The van der Waals surface area contributed by atoms with Crippen LogP contribution in [-0.4, -0.2) is 47.5 Å². The van der Waals surface area contributed by atoms with Gasteiger partial charge in [-0.2, -0.15) is 0 Å². The molecule has 94 valence electrons. The monoisotopic (exact) mass is 227 g/mol. The van der Waals surface area contributed by atoms with Gasteiger partial charge in [0.1, 0.15) is 0 Å². The maximum absolute atomic E-state index is 9.27. The average molecular weight is 227 g/mol. The Kier molecular flexibility index (Phi) is 4.22. The van der Waals surface area contributed by atoms with Crippen LogP contribution >= 0.6 is 0 Å². The Bertz CT molecular complexity index is 216. The van der Waals surface area contributed by atoms with Gasteiger partial charge in [0.15, 0.2) is 0 Å². The molecule has 1 saturated carbocycles. The smallest absolute Gasteiger partial charge is 0.0546 e. The van der Waals surface area contributed by atoms with Gasteiger partial charge in [-0.15, -0.1) is 0 Å². The summed E-state index contributed by atoms with van der Waals surface area (Å²) in [6.45, 7) is 6.18. The van der Waals surface area contributed by atoms with Crippen molar-refractivity contribution in [2.75, 3.05) is 26.2 Å². The van der Waals surface area contributed by atoms with Gasteiger partial charge in [0.2, 0.25) is 0 Å². The van der Waals surface area contributed by atoms with Crippen molar-refractivity contribution in [2.24, 2.45) is 17.8 Å². The summed E-state index contributed by atoms with van der Waals surface area (Å²) in [5, 5.41) is 18.2. The van der Waals surface area contributed by atoms with Gasteiger partial charge in [-0.05, 0) is 50.0 Å². The number of hydrogen-bond acceptors (Lipinski definition) is 3. The summed E-state index contributed by atoms with van der Waals surface area (Å²) < 4.78 is 0. The van der Waals surface area contributed by atoms with Gasteiger partial charge in [0.05, 0.1) is 6.10 Å². The predicted molar refractivity (Wildman–Crippen MR) is 64.1 cm³/mol. The Hall–Kier alpha value is -0.120. The maximum Gasteiger partial charge on any atom is 0.0546 e. The van der Waals surface area contributed by atoms with E-state index < -0.39 is 0 Å². The molecule has 1 heterocycles. The molecule has 2 fully saturated rings. The molecule has 0 aromatic heterocycles. The van der Waals surface area contributed by atoms with Gasteiger partial charge in [0, 0.05) is 19.7 Å². The van der Waals surface area contributed by atoms with E-state index in [0.29, 0.717) is 18.4 Å². The summed E-state index contributed by atoms with van der Waals surface area (Å²) in [6, 6.07) is 0. The third kappa shape index (κ3) is 2.96. The van der Waals surface area contributed by atoms with E-state index in [1.807, 2.05) is 0 Å². The Morgan fingerprint density at radius 3 is 2.62 bits per heavy atom. The van der Waals surface area contributed by atoms with Gasteiger partial charge in [-0.3, -0.25) is 0 Å². The van der Waals surface area contributed by atoms with E-state index in [1.165, 1.54) is 26.1 Å². The van der Waals surface area contributed by atoms with Crippen LogP contribution in [0.15, 0.2) is 0 Å². The highest BCUT2D eigenvalue weighted by molar-refractivity contribution is 4.84. The molecule has 3 nitrogen and oxygen atoms in total. The summed E-state index contributed by atoms with van der Waals surface area (Å²) in [4.78, 5) is 2.55. The van der Waals surface area contributed by atoms with Gasteiger partial charge in [0.25, 0.3) is 0 Å². The minimum absolute atomic E-state index is 0.0191. The van der Waals surface area contributed by atoms with Crippen LogP contribution in [0.4, 0.5) is 0 Å². The molecule has 1 saturated heterocycles.